The van der Waals surface area contributed by atoms with E-state index >= 15 is 0 Å². The van der Waals surface area contributed by atoms with Crippen molar-refractivity contribution < 1.29 is 26.3 Å². The second kappa shape index (κ2) is 7.07. The molecule has 136 valence electrons. The Kier molecular flexibility index (Phi) is 5.46. The Labute approximate surface area is 141 Å². The molecule has 2 aromatic carbocycles. The third-order valence-corrected chi connectivity index (χ3v) is 3.91. The molecule has 0 spiro atoms. The highest BCUT2D eigenvalue weighted by atomic mass is 19.4. The Hall–Kier alpha value is -2.02. The van der Waals surface area contributed by atoms with Crippen molar-refractivity contribution >= 4 is 0 Å². The van der Waals surface area contributed by atoms with Crippen LogP contribution in [0.2, 0.25) is 0 Å². The summed E-state index contributed by atoms with van der Waals surface area (Å²) in [6.07, 6.45) is -9.69. The van der Waals surface area contributed by atoms with Crippen LogP contribution < -0.4 is 5.32 Å². The summed E-state index contributed by atoms with van der Waals surface area (Å²) in [5, 5.41) is 3.04. The summed E-state index contributed by atoms with van der Waals surface area (Å²) in [6, 6.07) is 9.82. The van der Waals surface area contributed by atoms with Crippen LogP contribution in [0, 0.1) is 0 Å². The van der Waals surface area contributed by atoms with Gasteiger partial charge in [-0.05, 0) is 43.2 Å². The molecule has 1 nitrogen and oxygen atoms in total. The quantitative estimate of drug-likeness (QED) is 0.646. The average molecular weight is 361 g/mol. The number of halogens is 6. The molecular weight excluding hydrogens is 344 g/mol. The lowest BCUT2D eigenvalue weighted by atomic mass is 9.99. The number of nitrogens with one attached hydrogen (secondary N) is 1. The van der Waals surface area contributed by atoms with Gasteiger partial charge in [-0.15, -0.1) is 0 Å². The Morgan fingerprint density at radius 1 is 0.680 bits per heavy atom. The summed E-state index contributed by atoms with van der Waals surface area (Å²) in [4.78, 5) is 0. The Bertz CT molecular complexity index is 673. The average Bonchev–Trinajstić information content (AvgIpc) is 2.53. The maximum atomic E-state index is 12.9. The molecule has 2 aromatic rings. The lowest BCUT2D eigenvalue weighted by molar-refractivity contribution is -0.143. The maximum absolute atomic E-state index is 12.9. The molecule has 0 heterocycles. The van der Waals surface area contributed by atoms with E-state index < -0.39 is 29.5 Å². The second-order valence-corrected chi connectivity index (χ2v) is 5.86. The first-order valence-electron chi connectivity index (χ1n) is 7.59. The zero-order chi connectivity index (χ0) is 18.8. The number of rotatable bonds is 4. The smallest absolute Gasteiger partial charge is 0.304 e. The van der Waals surface area contributed by atoms with Gasteiger partial charge in [0.05, 0.1) is 11.1 Å². The summed E-state index contributed by atoms with van der Waals surface area (Å²) < 4.78 is 77.6. The predicted molar refractivity (Wildman–Crippen MR) is 82.9 cm³/mol. The fourth-order valence-electron chi connectivity index (χ4n) is 2.54. The summed E-state index contributed by atoms with van der Waals surface area (Å²) in [6.45, 7) is 3.33. The maximum Gasteiger partial charge on any atom is 0.416 e. The zero-order valence-corrected chi connectivity index (χ0v) is 13.5. The van der Waals surface area contributed by atoms with Crippen LogP contribution in [0.5, 0.6) is 0 Å². The standard InChI is InChI=1S/C18H17F6N/c1-11(13-6-4-3-5-7-13)25-12(2)14-8-15(17(19,20)21)10-16(9-14)18(22,23)24/h3-12,25H,1-2H3/t11-,12?/m0/s1. The summed E-state index contributed by atoms with van der Waals surface area (Å²) in [7, 11) is 0. The van der Waals surface area contributed by atoms with E-state index in [1.165, 1.54) is 6.92 Å². The number of benzene rings is 2. The monoisotopic (exact) mass is 361 g/mol. The molecular formula is C18H17F6N. The molecule has 0 radical (unpaired) electrons. The highest BCUT2D eigenvalue weighted by Gasteiger charge is 2.37. The van der Waals surface area contributed by atoms with E-state index in [9.17, 15) is 26.3 Å². The zero-order valence-electron chi connectivity index (χ0n) is 13.5. The third kappa shape index (κ3) is 4.98. The molecule has 25 heavy (non-hydrogen) atoms. The fourth-order valence-corrected chi connectivity index (χ4v) is 2.54. The minimum absolute atomic E-state index is 0.0649. The first-order valence-corrected chi connectivity index (χ1v) is 7.59. The van der Waals surface area contributed by atoms with Crippen LogP contribution in [0.1, 0.15) is 48.2 Å². The third-order valence-electron chi connectivity index (χ3n) is 3.91. The molecule has 0 aromatic heterocycles. The van der Waals surface area contributed by atoms with Gasteiger partial charge in [0.25, 0.3) is 0 Å². The van der Waals surface area contributed by atoms with E-state index in [4.69, 9.17) is 0 Å². The van der Waals surface area contributed by atoms with Gasteiger partial charge in [0.15, 0.2) is 0 Å². The van der Waals surface area contributed by atoms with E-state index in [0.717, 1.165) is 17.7 Å². The van der Waals surface area contributed by atoms with Gasteiger partial charge in [-0.2, -0.15) is 26.3 Å². The first kappa shape index (κ1) is 19.3. The molecule has 7 heteroatoms. The highest BCUT2D eigenvalue weighted by molar-refractivity contribution is 5.35. The van der Waals surface area contributed by atoms with E-state index in [0.29, 0.717) is 0 Å². The minimum atomic E-state index is -4.85. The topological polar surface area (TPSA) is 12.0 Å². The van der Waals surface area contributed by atoms with Crippen molar-refractivity contribution in [2.24, 2.45) is 0 Å². The van der Waals surface area contributed by atoms with E-state index in [2.05, 4.69) is 5.32 Å². The van der Waals surface area contributed by atoms with Gasteiger partial charge in [0.2, 0.25) is 0 Å². The van der Waals surface area contributed by atoms with Crippen molar-refractivity contribution in [2.45, 2.75) is 38.3 Å². The van der Waals surface area contributed by atoms with Crippen molar-refractivity contribution in [3.8, 4) is 0 Å². The molecule has 0 saturated carbocycles. The normalized spacial score (nSPS) is 15.0. The molecule has 2 atom stereocenters. The highest BCUT2D eigenvalue weighted by Crippen LogP contribution is 2.37. The molecule has 0 aliphatic rings. The van der Waals surface area contributed by atoms with Crippen molar-refractivity contribution in [2.75, 3.05) is 0 Å². The van der Waals surface area contributed by atoms with E-state index in [-0.39, 0.29) is 17.7 Å². The fraction of sp³-hybridized carbons (Fsp3) is 0.333. The van der Waals surface area contributed by atoms with Gasteiger partial charge in [0.1, 0.15) is 0 Å². The van der Waals surface area contributed by atoms with Crippen LogP contribution >= 0.6 is 0 Å². The minimum Gasteiger partial charge on any atom is -0.304 e. The van der Waals surface area contributed by atoms with Gasteiger partial charge >= 0.3 is 12.4 Å². The molecule has 0 fully saturated rings. The number of hydrogen-bond acceptors (Lipinski definition) is 1. The number of hydrogen-bond donors (Lipinski definition) is 1. The molecule has 0 bridgehead atoms. The lowest BCUT2D eigenvalue weighted by Gasteiger charge is -2.23. The van der Waals surface area contributed by atoms with Gasteiger partial charge < -0.3 is 5.32 Å². The van der Waals surface area contributed by atoms with Crippen LogP contribution in [0.15, 0.2) is 48.5 Å². The largest absolute Gasteiger partial charge is 0.416 e. The number of alkyl halides is 6. The summed E-state index contributed by atoms with van der Waals surface area (Å²) in [5.74, 6) is 0. The van der Waals surface area contributed by atoms with E-state index in [1.807, 2.05) is 30.3 Å². The molecule has 0 amide bonds. The van der Waals surface area contributed by atoms with Gasteiger partial charge in [-0.3, -0.25) is 0 Å². The van der Waals surface area contributed by atoms with Gasteiger partial charge in [-0.25, -0.2) is 0 Å². The Morgan fingerprint density at radius 3 is 1.56 bits per heavy atom. The molecule has 2 rings (SSSR count). The Balaban J connectivity index is 2.33. The van der Waals surface area contributed by atoms with Crippen molar-refractivity contribution in [1.82, 2.24) is 5.32 Å². The molecule has 1 unspecified atom stereocenters. The molecule has 0 saturated heterocycles. The van der Waals surface area contributed by atoms with Crippen LogP contribution in [0.4, 0.5) is 26.3 Å². The van der Waals surface area contributed by atoms with Gasteiger partial charge in [0, 0.05) is 12.1 Å². The predicted octanol–water partition coefficient (Wildman–Crippen LogP) is 6.14. The van der Waals surface area contributed by atoms with Crippen LogP contribution in [0.25, 0.3) is 0 Å². The van der Waals surface area contributed by atoms with Crippen LogP contribution in [-0.4, -0.2) is 0 Å². The van der Waals surface area contributed by atoms with Crippen molar-refractivity contribution in [3.05, 3.63) is 70.8 Å². The SMILES string of the molecule is CC(N[C@@H](C)c1ccccc1)c1cc(C(F)(F)F)cc(C(F)(F)F)c1. The molecule has 0 aliphatic carbocycles. The molecule has 1 N–H and O–H groups in total. The van der Waals surface area contributed by atoms with Crippen LogP contribution in [-0.2, 0) is 12.4 Å². The molecule has 0 aliphatic heterocycles. The summed E-state index contributed by atoms with van der Waals surface area (Å²) >= 11 is 0. The van der Waals surface area contributed by atoms with Crippen molar-refractivity contribution in [1.29, 1.82) is 0 Å². The lowest BCUT2D eigenvalue weighted by Crippen LogP contribution is -2.23. The van der Waals surface area contributed by atoms with Gasteiger partial charge in [-0.1, -0.05) is 30.3 Å². The van der Waals surface area contributed by atoms with E-state index in [1.54, 1.807) is 6.92 Å². The van der Waals surface area contributed by atoms with Crippen LogP contribution in [0.3, 0.4) is 0 Å². The first-order chi connectivity index (χ1) is 11.5. The summed E-state index contributed by atoms with van der Waals surface area (Å²) in [5.41, 5.74) is -1.79. The second-order valence-electron chi connectivity index (χ2n) is 5.86. The van der Waals surface area contributed by atoms with Crippen molar-refractivity contribution in [3.63, 3.8) is 0 Å². The Morgan fingerprint density at radius 2 is 1.12 bits per heavy atom.